The van der Waals surface area contributed by atoms with E-state index in [0.717, 1.165) is 26.5 Å². The second-order valence-electron chi connectivity index (χ2n) is 6.93. The second-order valence-corrected chi connectivity index (χ2v) is 8.17. The summed E-state index contributed by atoms with van der Waals surface area (Å²) in [5, 5.41) is 4.04. The van der Waals surface area contributed by atoms with Crippen LogP contribution < -0.4 is 10.2 Å². The average molecular weight is 379 g/mol. The fourth-order valence-corrected chi connectivity index (χ4v) is 4.30. The molecular weight excluding hydrogens is 358 g/mol. The van der Waals surface area contributed by atoms with Crippen LogP contribution in [0.3, 0.4) is 0 Å². The van der Waals surface area contributed by atoms with Crippen molar-refractivity contribution >= 4 is 39.1 Å². The number of rotatable bonds is 4. The lowest BCUT2D eigenvalue weighted by Gasteiger charge is -2.19. The highest BCUT2D eigenvalue weighted by Crippen LogP contribution is 2.30. The Morgan fingerprint density at radius 2 is 2.04 bits per heavy atom. The van der Waals surface area contributed by atoms with Gasteiger partial charge in [0.05, 0.1) is 27.2 Å². The summed E-state index contributed by atoms with van der Waals surface area (Å²) < 4.78 is 1.11. The summed E-state index contributed by atoms with van der Waals surface area (Å²) >= 11 is 1.64. The minimum Gasteiger partial charge on any atom is -0.349 e. The molecule has 0 aliphatic carbocycles. The summed E-state index contributed by atoms with van der Waals surface area (Å²) in [6, 6.07) is 15.6. The molecule has 1 aliphatic heterocycles. The SMILES string of the molecule is Cc1nc2cc(N3CC(C(=O)NC(C)c4ccccc4)CC3=O)ccc2s1. The largest absolute Gasteiger partial charge is 0.349 e. The number of benzene rings is 2. The van der Waals surface area contributed by atoms with Crippen LogP contribution in [0.1, 0.15) is 30.0 Å². The fraction of sp³-hybridized carbons (Fsp3) is 0.286. The fourth-order valence-electron chi connectivity index (χ4n) is 3.49. The Bertz CT molecular complexity index is 999. The van der Waals surface area contributed by atoms with E-state index in [2.05, 4.69) is 10.3 Å². The van der Waals surface area contributed by atoms with Crippen molar-refractivity contribution in [3.05, 3.63) is 59.1 Å². The molecular formula is C21H21N3O2S. The molecule has 1 fully saturated rings. The van der Waals surface area contributed by atoms with E-state index in [1.54, 1.807) is 16.2 Å². The van der Waals surface area contributed by atoms with Gasteiger partial charge in [-0.2, -0.15) is 0 Å². The zero-order valence-electron chi connectivity index (χ0n) is 15.3. The van der Waals surface area contributed by atoms with Crippen molar-refractivity contribution in [3.8, 4) is 0 Å². The number of carbonyl (C=O) groups is 2. The second kappa shape index (κ2) is 7.12. The van der Waals surface area contributed by atoms with E-state index in [0.29, 0.717) is 6.54 Å². The van der Waals surface area contributed by atoms with Crippen LogP contribution in [0, 0.1) is 12.8 Å². The van der Waals surface area contributed by atoms with Gasteiger partial charge in [-0.15, -0.1) is 11.3 Å². The highest BCUT2D eigenvalue weighted by atomic mass is 32.1. The zero-order chi connectivity index (χ0) is 19.0. The number of carbonyl (C=O) groups excluding carboxylic acids is 2. The molecule has 138 valence electrons. The van der Waals surface area contributed by atoms with Gasteiger partial charge in [0, 0.05) is 18.7 Å². The van der Waals surface area contributed by atoms with Crippen molar-refractivity contribution in [2.75, 3.05) is 11.4 Å². The molecule has 2 aromatic carbocycles. The first-order valence-corrected chi connectivity index (χ1v) is 9.86. The molecule has 4 rings (SSSR count). The molecule has 1 aromatic heterocycles. The van der Waals surface area contributed by atoms with Crippen LogP contribution in [-0.4, -0.2) is 23.3 Å². The van der Waals surface area contributed by atoms with Crippen LogP contribution >= 0.6 is 11.3 Å². The number of thiazole rings is 1. The quantitative estimate of drug-likeness (QED) is 0.749. The van der Waals surface area contributed by atoms with Gasteiger partial charge in [-0.3, -0.25) is 9.59 Å². The molecule has 3 aromatic rings. The Morgan fingerprint density at radius 3 is 2.81 bits per heavy atom. The average Bonchev–Trinajstić information content (AvgIpc) is 3.23. The number of hydrogen-bond acceptors (Lipinski definition) is 4. The van der Waals surface area contributed by atoms with Gasteiger partial charge < -0.3 is 10.2 Å². The molecule has 1 aliphatic rings. The third-order valence-corrected chi connectivity index (χ3v) is 5.90. The van der Waals surface area contributed by atoms with Crippen LogP contribution in [0.4, 0.5) is 5.69 Å². The van der Waals surface area contributed by atoms with E-state index in [4.69, 9.17) is 0 Å². The van der Waals surface area contributed by atoms with E-state index in [1.807, 2.05) is 62.4 Å². The van der Waals surface area contributed by atoms with Gasteiger partial charge in [-0.1, -0.05) is 30.3 Å². The van der Waals surface area contributed by atoms with E-state index < -0.39 is 0 Å². The Kier molecular flexibility index (Phi) is 4.66. The molecule has 0 radical (unpaired) electrons. The first kappa shape index (κ1) is 17.7. The van der Waals surface area contributed by atoms with Crippen LogP contribution in [0.25, 0.3) is 10.2 Å². The molecule has 2 heterocycles. The number of nitrogens with zero attached hydrogens (tertiary/aromatic N) is 2. The Hall–Kier alpha value is -2.73. The van der Waals surface area contributed by atoms with Crippen molar-refractivity contribution in [2.45, 2.75) is 26.3 Å². The predicted molar refractivity (Wildman–Crippen MR) is 108 cm³/mol. The molecule has 1 saturated heterocycles. The highest BCUT2D eigenvalue weighted by molar-refractivity contribution is 7.18. The minimum atomic E-state index is -0.337. The van der Waals surface area contributed by atoms with E-state index in [9.17, 15) is 9.59 Å². The van der Waals surface area contributed by atoms with Crippen LogP contribution in [0.5, 0.6) is 0 Å². The summed E-state index contributed by atoms with van der Waals surface area (Å²) in [6.07, 6.45) is 0.238. The first-order chi connectivity index (χ1) is 13.0. The van der Waals surface area contributed by atoms with Gasteiger partial charge in [0.25, 0.3) is 0 Å². The number of anilines is 1. The van der Waals surface area contributed by atoms with Crippen LogP contribution in [0.2, 0.25) is 0 Å². The maximum Gasteiger partial charge on any atom is 0.227 e. The Balaban J connectivity index is 1.47. The molecule has 5 nitrogen and oxygen atoms in total. The lowest BCUT2D eigenvalue weighted by atomic mass is 10.1. The van der Waals surface area contributed by atoms with Crippen molar-refractivity contribution in [3.63, 3.8) is 0 Å². The summed E-state index contributed by atoms with van der Waals surface area (Å²) in [4.78, 5) is 31.4. The smallest absolute Gasteiger partial charge is 0.227 e. The molecule has 0 bridgehead atoms. The monoisotopic (exact) mass is 379 g/mol. The van der Waals surface area contributed by atoms with Crippen molar-refractivity contribution < 1.29 is 9.59 Å². The molecule has 27 heavy (non-hydrogen) atoms. The molecule has 2 unspecified atom stereocenters. The van der Waals surface area contributed by atoms with Crippen LogP contribution in [-0.2, 0) is 9.59 Å². The topological polar surface area (TPSA) is 62.3 Å². The third kappa shape index (κ3) is 3.57. The van der Waals surface area contributed by atoms with Crippen LogP contribution in [0.15, 0.2) is 48.5 Å². The van der Waals surface area contributed by atoms with Gasteiger partial charge in [0.1, 0.15) is 0 Å². The molecule has 0 spiro atoms. The maximum absolute atomic E-state index is 12.7. The van der Waals surface area contributed by atoms with Gasteiger partial charge in [0.15, 0.2) is 0 Å². The number of nitrogens with one attached hydrogen (secondary N) is 1. The lowest BCUT2D eigenvalue weighted by Crippen LogP contribution is -2.34. The van der Waals surface area contributed by atoms with E-state index in [-0.39, 0.29) is 30.2 Å². The zero-order valence-corrected chi connectivity index (χ0v) is 16.1. The molecule has 2 amide bonds. The van der Waals surface area contributed by atoms with Gasteiger partial charge in [0.2, 0.25) is 11.8 Å². The van der Waals surface area contributed by atoms with Gasteiger partial charge in [-0.25, -0.2) is 4.98 Å². The standard InChI is InChI=1S/C21H21N3O2S/c1-13(15-6-4-3-5-7-15)22-21(26)16-10-20(25)24(12-16)17-8-9-19-18(11-17)23-14(2)27-19/h3-9,11,13,16H,10,12H2,1-2H3,(H,22,26). The van der Waals surface area contributed by atoms with Crippen molar-refractivity contribution in [2.24, 2.45) is 5.92 Å². The van der Waals surface area contributed by atoms with Crippen molar-refractivity contribution in [1.29, 1.82) is 0 Å². The molecule has 6 heteroatoms. The lowest BCUT2D eigenvalue weighted by molar-refractivity contribution is -0.126. The number of amides is 2. The number of fused-ring (bicyclic) bond motifs is 1. The highest BCUT2D eigenvalue weighted by Gasteiger charge is 2.35. The van der Waals surface area contributed by atoms with Gasteiger partial charge >= 0.3 is 0 Å². The predicted octanol–water partition coefficient (Wildman–Crippen LogP) is 3.84. The molecule has 1 N–H and O–H groups in total. The summed E-state index contributed by atoms with van der Waals surface area (Å²) in [5.41, 5.74) is 2.76. The maximum atomic E-state index is 12.7. The third-order valence-electron chi connectivity index (χ3n) is 4.94. The number of hydrogen-bond donors (Lipinski definition) is 1. The summed E-state index contributed by atoms with van der Waals surface area (Å²) in [6.45, 7) is 4.33. The summed E-state index contributed by atoms with van der Waals surface area (Å²) in [5.74, 6) is -0.432. The van der Waals surface area contributed by atoms with Crippen molar-refractivity contribution in [1.82, 2.24) is 10.3 Å². The van der Waals surface area contributed by atoms with E-state index in [1.165, 1.54) is 0 Å². The molecule has 0 saturated carbocycles. The molecule has 2 atom stereocenters. The Labute approximate surface area is 162 Å². The van der Waals surface area contributed by atoms with Gasteiger partial charge in [-0.05, 0) is 37.6 Å². The number of aromatic nitrogens is 1. The number of aryl methyl sites for hydroxylation is 1. The normalized spacial score (nSPS) is 18.1. The van der Waals surface area contributed by atoms with E-state index >= 15 is 0 Å². The summed E-state index contributed by atoms with van der Waals surface area (Å²) in [7, 11) is 0. The first-order valence-electron chi connectivity index (χ1n) is 9.04. The minimum absolute atomic E-state index is 0.0196. The Morgan fingerprint density at radius 1 is 1.26 bits per heavy atom.